The van der Waals surface area contributed by atoms with Crippen LogP contribution in [0.1, 0.15) is 49.3 Å². The number of halogens is 6. The van der Waals surface area contributed by atoms with Gasteiger partial charge in [0, 0.05) is 32.1 Å². The highest BCUT2D eigenvalue weighted by Crippen LogP contribution is 2.43. The molecule has 31 heavy (non-hydrogen) atoms. The van der Waals surface area contributed by atoms with Gasteiger partial charge in [-0.05, 0) is 32.6 Å². The van der Waals surface area contributed by atoms with Gasteiger partial charge in [0.1, 0.15) is 11.5 Å². The van der Waals surface area contributed by atoms with Crippen molar-refractivity contribution in [2.45, 2.75) is 69.8 Å². The van der Waals surface area contributed by atoms with Crippen LogP contribution in [-0.4, -0.2) is 69.6 Å². The van der Waals surface area contributed by atoms with E-state index in [0.717, 1.165) is 11.3 Å². The van der Waals surface area contributed by atoms with Crippen LogP contribution in [0.5, 0.6) is 0 Å². The summed E-state index contributed by atoms with van der Waals surface area (Å²) in [6.07, 6.45) is -16.5. The van der Waals surface area contributed by atoms with Crippen molar-refractivity contribution in [3.8, 4) is 0 Å². The molecule has 2 aliphatic rings. The van der Waals surface area contributed by atoms with Crippen molar-refractivity contribution in [2.75, 3.05) is 19.6 Å². The number of likely N-dealkylation sites (tertiary alicyclic amines) is 2. The van der Waals surface area contributed by atoms with E-state index in [2.05, 4.69) is 9.72 Å². The van der Waals surface area contributed by atoms with Crippen LogP contribution >= 0.6 is 0 Å². The number of carbonyl (C=O) groups excluding carboxylic acids is 1. The van der Waals surface area contributed by atoms with Crippen molar-refractivity contribution in [3.63, 3.8) is 0 Å². The Balaban J connectivity index is 1.67. The molecule has 2 aliphatic heterocycles. The monoisotopic (exact) mass is 459 g/mol. The highest BCUT2D eigenvalue weighted by molar-refractivity contribution is 5.68. The molecule has 0 aromatic carbocycles. The number of oxazole rings is 1. The summed E-state index contributed by atoms with van der Waals surface area (Å²) in [5.74, 6) is 0.847. The van der Waals surface area contributed by atoms with Crippen molar-refractivity contribution in [3.05, 3.63) is 17.3 Å². The highest BCUT2D eigenvalue weighted by atomic mass is 19.4. The first kappa shape index (κ1) is 23.6. The number of hydrogen-bond acceptors (Lipinski definition) is 6. The van der Waals surface area contributed by atoms with Gasteiger partial charge in [0.15, 0.2) is 12.1 Å². The van der Waals surface area contributed by atoms with E-state index >= 15 is 0 Å². The molecule has 1 aromatic heterocycles. The Bertz CT molecular complexity index is 787. The van der Waals surface area contributed by atoms with Crippen LogP contribution in [0.2, 0.25) is 0 Å². The van der Waals surface area contributed by atoms with E-state index in [1.54, 1.807) is 13.8 Å². The first-order chi connectivity index (χ1) is 14.2. The molecule has 0 bridgehead atoms. The molecule has 1 spiro atoms. The van der Waals surface area contributed by atoms with E-state index in [-0.39, 0.29) is 25.9 Å². The van der Waals surface area contributed by atoms with Gasteiger partial charge in [-0.15, -0.1) is 0 Å². The maximum Gasteiger partial charge on any atom is 0.434 e. The first-order valence-electron chi connectivity index (χ1n) is 9.72. The van der Waals surface area contributed by atoms with Gasteiger partial charge in [-0.2, -0.15) is 26.3 Å². The van der Waals surface area contributed by atoms with Crippen LogP contribution in [-0.2, 0) is 4.74 Å². The van der Waals surface area contributed by atoms with Crippen molar-refractivity contribution >= 4 is 6.09 Å². The van der Waals surface area contributed by atoms with Crippen molar-refractivity contribution < 1.29 is 45.4 Å². The lowest BCUT2D eigenvalue weighted by atomic mass is 9.84. The Hall–Kier alpha value is -2.02. The SMILES string of the molecule is Cc1nc(C(O)N2CCCC23CCN(C(=O)OC(C(F)(F)F)C(F)(F)F)CC3)c(C)o1. The number of amides is 1. The number of ether oxygens (including phenoxy) is 1. The van der Waals surface area contributed by atoms with Crippen LogP contribution < -0.4 is 0 Å². The Kier molecular flexibility index (Phi) is 6.22. The fourth-order valence-electron chi connectivity index (χ4n) is 4.41. The number of nitrogens with zero attached hydrogens (tertiary/aromatic N) is 3. The molecule has 1 atom stereocenters. The lowest BCUT2D eigenvalue weighted by molar-refractivity contribution is -0.308. The van der Waals surface area contributed by atoms with Gasteiger partial charge >= 0.3 is 18.4 Å². The number of piperidine rings is 1. The Morgan fingerprint density at radius 3 is 2.16 bits per heavy atom. The molecule has 0 saturated carbocycles. The number of alkyl halides is 6. The fraction of sp³-hybridized carbons (Fsp3) is 0.778. The molecule has 3 heterocycles. The molecular formula is C18H23F6N3O4. The van der Waals surface area contributed by atoms with Crippen LogP contribution in [0, 0.1) is 13.8 Å². The van der Waals surface area contributed by atoms with Gasteiger partial charge in [0.2, 0.25) is 0 Å². The molecule has 1 unspecified atom stereocenters. The number of rotatable bonds is 3. The fourth-order valence-corrected chi connectivity index (χ4v) is 4.41. The normalized spacial score (nSPS) is 21.2. The van der Waals surface area contributed by atoms with Gasteiger partial charge in [0.25, 0.3) is 6.10 Å². The molecule has 0 radical (unpaired) electrons. The third-order valence-corrected chi connectivity index (χ3v) is 5.90. The number of carbonyl (C=O) groups is 1. The van der Waals surface area contributed by atoms with Crippen LogP contribution in [0.3, 0.4) is 0 Å². The van der Waals surface area contributed by atoms with Crippen LogP contribution in [0.15, 0.2) is 4.42 Å². The van der Waals surface area contributed by atoms with E-state index in [0.29, 0.717) is 30.3 Å². The molecule has 3 rings (SSSR count). The van der Waals surface area contributed by atoms with Crippen molar-refractivity contribution in [1.82, 2.24) is 14.8 Å². The van der Waals surface area contributed by atoms with Gasteiger partial charge in [-0.1, -0.05) is 0 Å². The average Bonchev–Trinajstić information content (AvgIpc) is 3.20. The Morgan fingerprint density at radius 2 is 1.68 bits per heavy atom. The summed E-state index contributed by atoms with van der Waals surface area (Å²) < 4.78 is 85.1. The standard InChI is InChI=1S/C18H23F6N3O4/c1-10-12(25-11(2)30-10)13(28)27-7-3-4-16(27)5-8-26(9-6-16)15(29)31-14(17(19,20)21)18(22,23)24/h13-14,28H,3-9H2,1-2H3. The zero-order valence-corrected chi connectivity index (χ0v) is 16.9. The largest absolute Gasteiger partial charge is 0.446 e. The zero-order valence-electron chi connectivity index (χ0n) is 16.9. The second-order valence-electron chi connectivity index (χ2n) is 7.90. The number of hydrogen-bond donors (Lipinski definition) is 1. The van der Waals surface area contributed by atoms with Gasteiger partial charge in [0.05, 0.1) is 0 Å². The van der Waals surface area contributed by atoms with E-state index in [1.165, 1.54) is 0 Å². The molecule has 176 valence electrons. The predicted molar refractivity (Wildman–Crippen MR) is 92.8 cm³/mol. The number of aryl methyl sites for hydroxylation is 2. The first-order valence-corrected chi connectivity index (χ1v) is 9.72. The van der Waals surface area contributed by atoms with Crippen molar-refractivity contribution in [2.24, 2.45) is 0 Å². The molecule has 1 aromatic rings. The lowest BCUT2D eigenvalue weighted by Gasteiger charge is -2.46. The van der Waals surface area contributed by atoms with Crippen molar-refractivity contribution in [1.29, 1.82) is 0 Å². The summed E-state index contributed by atoms with van der Waals surface area (Å²) in [6.45, 7) is 3.64. The van der Waals surface area contributed by atoms with E-state index < -0.39 is 36.3 Å². The molecule has 1 N–H and O–H groups in total. The average molecular weight is 459 g/mol. The molecule has 2 fully saturated rings. The molecule has 1 amide bonds. The topological polar surface area (TPSA) is 79.0 Å². The third kappa shape index (κ3) is 4.76. The summed E-state index contributed by atoms with van der Waals surface area (Å²) in [7, 11) is 0. The second kappa shape index (κ2) is 8.15. The minimum Gasteiger partial charge on any atom is -0.446 e. The van der Waals surface area contributed by atoms with Crippen LogP contribution in [0.4, 0.5) is 31.1 Å². The third-order valence-electron chi connectivity index (χ3n) is 5.90. The molecule has 13 heteroatoms. The number of aliphatic hydroxyl groups is 1. The van der Waals surface area contributed by atoms with E-state index in [4.69, 9.17) is 4.42 Å². The number of aliphatic hydroxyl groups excluding tert-OH is 1. The minimum absolute atomic E-state index is 0.0959. The zero-order chi connectivity index (χ0) is 23.2. The maximum absolute atomic E-state index is 12.7. The lowest BCUT2D eigenvalue weighted by Crippen LogP contribution is -2.55. The Labute approximate surface area is 173 Å². The van der Waals surface area contributed by atoms with E-state index in [1.807, 2.05) is 4.90 Å². The number of aromatic nitrogens is 1. The summed E-state index contributed by atoms with van der Waals surface area (Å²) in [6, 6.07) is 0. The van der Waals surface area contributed by atoms with E-state index in [9.17, 15) is 36.2 Å². The predicted octanol–water partition coefficient (Wildman–Crippen LogP) is 3.84. The summed E-state index contributed by atoms with van der Waals surface area (Å²) in [4.78, 5) is 18.9. The van der Waals surface area contributed by atoms with Gasteiger partial charge < -0.3 is 19.2 Å². The maximum atomic E-state index is 12.7. The molecule has 2 saturated heterocycles. The second-order valence-corrected chi connectivity index (χ2v) is 7.90. The molecular weight excluding hydrogens is 436 g/mol. The summed E-state index contributed by atoms with van der Waals surface area (Å²) in [5.41, 5.74) is -0.193. The van der Waals surface area contributed by atoms with Gasteiger partial charge in [-0.3, -0.25) is 4.90 Å². The van der Waals surface area contributed by atoms with Gasteiger partial charge in [-0.25, -0.2) is 9.78 Å². The minimum atomic E-state index is -5.76. The highest BCUT2D eigenvalue weighted by Gasteiger charge is 2.60. The summed E-state index contributed by atoms with van der Waals surface area (Å²) in [5, 5.41) is 10.9. The molecule has 7 nitrogen and oxygen atoms in total. The molecule has 0 aliphatic carbocycles. The van der Waals surface area contributed by atoms with Crippen LogP contribution in [0.25, 0.3) is 0 Å². The Morgan fingerprint density at radius 1 is 1.10 bits per heavy atom. The smallest absolute Gasteiger partial charge is 0.434 e. The quantitative estimate of drug-likeness (QED) is 0.692. The summed E-state index contributed by atoms with van der Waals surface area (Å²) >= 11 is 0.